The minimum atomic E-state index is -4.84. The molecule has 2 fully saturated rings. The monoisotopic (exact) mass is 500 g/mol. The van der Waals surface area contributed by atoms with Gasteiger partial charge in [0.2, 0.25) is 5.82 Å². The third kappa shape index (κ3) is 6.14. The van der Waals surface area contributed by atoms with Gasteiger partial charge in [-0.15, -0.1) is 0 Å². The number of rotatable bonds is 8. The molecule has 0 atom stereocenters. The summed E-state index contributed by atoms with van der Waals surface area (Å²) in [6.07, 6.45) is 7.58. The Morgan fingerprint density at radius 3 is 2.20 bits per heavy atom. The second-order valence-corrected chi connectivity index (χ2v) is 10.5. The minimum absolute atomic E-state index is 0.00124. The molecular formula is C28H37F5O2. The van der Waals surface area contributed by atoms with E-state index in [-0.39, 0.29) is 49.0 Å². The van der Waals surface area contributed by atoms with Crippen LogP contribution in [0.25, 0.3) is 5.57 Å². The lowest BCUT2D eigenvalue weighted by atomic mass is 9.71. The van der Waals surface area contributed by atoms with Gasteiger partial charge in [-0.25, -0.2) is 4.39 Å². The SMILES string of the molecule is CCCCOC1=C(C(F)(F)F)c2c(cc(OCC3CCC(C4CCCCC4)CC3)c(F)c2F)CC1. The van der Waals surface area contributed by atoms with Crippen LogP contribution < -0.4 is 4.74 Å². The van der Waals surface area contributed by atoms with Crippen LogP contribution >= 0.6 is 0 Å². The van der Waals surface area contributed by atoms with Crippen molar-refractivity contribution in [3.8, 4) is 5.75 Å². The highest BCUT2D eigenvalue weighted by molar-refractivity contribution is 5.76. The van der Waals surface area contributed by atoms with Gasteiger partial charge in [0.1, 0.15) is 11.3 Å². The lowest BCUT2D eigenvalue weighted by Crippen LogP contribution is -2.26. The van der Waals surface area contributed by atoms with Crippen molar-refractivity contribution < 1.29 is 31.4 Å². The van der Waals surface area contributed by atoms with Crippen molar-refractivity contribution in [1.82, 2.24) is 0 Å². The van der Waals surface area contributed by atoms with Crippen LogP contribution in [0.2, 0.25) is 0 Å². The molecule has 0 N–H and O–H groups in total. The van der Waals surface area contributed by atoms with Gasteiger partial charge in [-0.3, -0.25) is 0 Å². The second kappa shape index (κ2) is 11.5. The third-order valence-electron chi connectivity index (χ3n) is 8.15. The van der Waals surface area contributed by atoms with Gasteiger partial charge in [-0.05, 0) is 67.9 Å². The highest BCUT2D eigenvalue weighted by atomic mass is 19.4. The Morgan fingerprint density at radius 2 is 1.54 bits per heavy atom. The minimum Gasteiger partial charge on any atom is -0.497 e. The van der Waals surface area contributed by atoms with E-state index in [0.29, 0.717) is 6.42 Å². The molecule has 1 aromatic rings. The predicted octanol–water partition coefficient (Wildman–Crippen LogP) is 8.77. The number of aryl methyl sites for hydroxylation is 1. The van der Waals surface area contributed by atoms with Crippen molar-refractivity contribution in [2.24, 2.45) is 17.8 Å². The zero-order valence-electron chi connectivity index (χ0n) is 20.6. The number of fused-ring (bicyclic) bond motifs is 1. The third-order valence-corrected chi connectivity index (χ3v) is 8.15. The lowest BCUT2D eigenvalue weighted by Gasteiger charge is -2.35. The van der Waals surface area contributed by atoms with Gasteiger partial charge in [0, 0.05) is 12.0 Å². The van der Waals surface area contributed by atoms with Crippen LogP contribution in [0, 0.1) is 29.4 Å². The predicted molar refractivity (Wildman–Crippen MR) is 126 cm³/mol. The standard InChI is InChI=1S/C28H37F5O2/c1-2-3-15-34-22-14-13-21-16-23(26(29)27(30)24(21)25(22)28(31,32)33)35-17-18-9-11-20(12-10-18)19-7-5-4-6-8-19/h16,18-20H,2-15,17H2,1H3. The maximum Gasteiger partial charge on any atom is 0.420 e. The molecule has 2 saturated carbocycles. The molecule has 3 aliphatic rings. The summed E-state index contributed by atoms with van der Waals surface area (Å²) in [4.78, 5) is 0. The van der Waals surface area contributed by atoms with Crippen molar-refractivity contribution in [2.75, 3.05) is 13.2 Å². The highest BCUT2D eigenvalue weighted by Crippen LogP contribution is 2.46. The summed E-state index contributed by atoms with van der Waals surface area (Å²) in [6, 6.07) is 1.26. The quantitative estimate of drug-likeness (QED) is 0.262. The Kier molecular flexibility index (Phi) is 8.64. The van der Waals surface area contributed by atoms with Crippen LogP contribution in [0.15, 0.2) is 11.8 Å². The molecule has 0 saturated heterocycles. The van der Waals surface area contributed by atoms with E-state index in [9.17, 15) is 17.6 Å². The van der Waals surface area contributed by atoms with Crippen LogP contribution in [-0.2, 0) is 11.2 Å². The largest absolute Gasteiger partial charge is 0.497 e. The van der Waals surface area contributed by atoms with E-state index < -0.39 is 28.9 Å². The fourth-order valence-electron chi connectivity index (χ4n) is 6.16. The molecule has 0 aliphatic heterocycles. The normalized spacial score (nSPS) is 23.8. The van der Waals surface area contributed by atoms with Gasteiger partial charge < -0.3 is 9.47 Å². The first-order valence-corrected chi connectivity index (χ1v) is 13.4. The first kappa shape index (κ1) is 26.3. The van der Waals surface area contributed by atoms with Crippen molar-refractivity contribution in [3.05, 3.63) is 34.6 Å². The van der Waals surface area contributed by atoms with Crippen molar-refractivity contribution in [3.63, 3.8) is 0 Å². The van der Waals surface area contributed by atoms with Crippen molar-refractivity contribution in [1.29, 1.82) is 0 Å². The Morgan fingerprint density at radius 1 is 0.857 bits per heavy atom. The van der Waals surface area contributed by atoms with E-state index in [1.165, 1.54) is 38.2 Å². The fraction of sp³-hybridized carbons (Fsp3) is 0.714. The van der Waals surface area contributed by atoms with Gasteiger partial charge in [-0.2, -0.15) is 17.6 Å². The molecule has 1 aromatic carbocycles. The summed E-state index contributed by atoms with van der Waals surface area (Å²) >= 11 is 0. The summed E-state index contributed by atoms with van der Waals surface area (Å²) in [5.74, 6) is -1.60. The number of hydrogen-bond donors (Lipinski definition) is 0. The molecule has 0 spiro atoms. The van der Waals surface area contributed by atoms with Crippen LogP contribution in [0.5, 0.6) is 5.75 Å². The average molecular weight is 501 g/mol. The first-order chi connectivity index (χ1) is 16.8. The molecule has 0 heterocycles. The molecular weight excluding hydrogens is 463 g/mol. The maximum atomic E-state index is 15.1. The highest BCUT2D eigenvalue weighted by Gasteiger charge is 2.44. The van der Waals surface area contributed by atoms with Gasteiger partial charge in [0.15, 0.2) is 11.6 Å². The Hall–Kier alpha value is -1.79. The van der Waals surface area contributed by atoms with Gasteiger partial charge in [-0.1, -0.05) is 45.4 Å². The number of allylic oxidation sites excluding steroid dienone is 2. The molecule has 0 unspecified atom stereocenters. The van der Waals surface area contributed by atoms with E-state index >= 15 is 4.39 Å². The number of unbranched alkanes of at least 4 members (excludes halogenated alkanes) is 1. The van der Waals surface area contributed by atoms with Gasteiger partial charge in [0.25, 0.3) is 0 Å². The molecule has 2 nitrogen and oxygen atoms in total. The molecule has 3 aliphatic carbocycles. The maximum absolute atomic E-state index is 15.1. The number of benzene rings is 1. The van der Waals surface area contributed by atoms with Crippen LogP contribution in [0.4, 0.5) is 22.0 Å². The molecule has 0 bridgehead atoms. The van der Waals surface area contributed by atoms with Crippen molar-refractivity contribution in [2.45, 2.75) is 96.6 Å². The lowest BCUT2D eigenvalue weighted by molar-refractivity contribution is -0.0722. The number of ether oxygens (including phenoxy) is 2. The van der Waals surface area contributed by atoms with E-state index in [0.717, 1.165) is 43.9 Å². The van der Waals surface area contributed by atoms with Crippen LogP contribution in [-0.4, -0.2) is 19.4 Å². The van der Waals surface area contributed by atoms with E-state index in [1.807, 2.05) is 6.92 Å². The summed E-state index contributed by atoms with van der Waals surface area (Å²) in [5, 5.41) is 0. The van der Waals surface area contributed by atoms with Crippen LogP contribution in [0.3, 0.4) is 0 Å². The molecule has 7 heteroatoms. The van der Waals surface area contributed by atoms with E-state index in [2.05, 4.69) is 0 Å². The zero-order chi connectivity index (χ0) is 25.0. The van der Waals surface area contributed by atoms with E-state index in [1.54, 1.807) is 0 Å². The second-order valence-electron chi connectivity index (χ2n) is 10.5. The molecule has 35 heavy (non-hydrogen) atoms. The summed E-state index contributed by atoms with van der Waals surface area (Å²) in [5.41, 5.74) is -1.80. The van der Waals surface area contributed by atoms with Crippen LogP contribution in [0.1, 0.15) is 95.1 Å². The molecule has 196 valence electrons. The fourth-order valence-corrected chi connectivity index (χ4v) is 6.16. The molecule has 0 aromatic heterocycles. The topological polar surface area (TPSA) is 18.5 Å². The molecule has 0 radical (unpaired) electrons. The Bertz CT molecular complexity index is 894. The first-order valence-electron chi connectivity index (χ1n) is 13.4. The molecule has 0 amide bonds. The Labute approximate surface area is 205 Å². The number of alkyl halides is 3. The zero-order valence-corrected chi connectivity index (χ0v) is 20.6. The van der Waals surface area contributed by atoms with Gasteiger partial charge >= 0.3 is 6.18 Å². The van der Waals surface area contributed by atoms with Crippen molar-refractivity contribution >= 4 is 5.57 Å². The molecule has 4 rings (SSSR count). The number of halogens is 5. The smallest absolute Gasteiger partial charge is 0.420 e. The summed E-state index contributed by atoms with van der Waals surface area (Å²) < 4.78 is 82.7. The Balaban J connectivity index is 1.45. The summed E-state index contributed by atoms with van der Waals surface area (Å²) in [7, 11) is 0. The van der Waals surface area contributed by atoms with E-state index in [4.69, 9.17) is 9.47 Å². The summed E-state index contributed by atoms with van der Waals surface area (Å²) in [6.45, 7) is 2.28. The van der Waals surface area contributed by atoms with Gasteiger partial charge in [0.05, 0.1) is 13.2 Å². The number of hydrogen-bond acceptors (Lipinski definition) is 2. The average Bonchev–Trinajstić information content (AvgIpc) is 2.85.